The van der Waals surface area contributed by atoms with Crippen LogP contribution in [0, 0.1) is 23.3 Å². The molecule has 3 aromatic carbocycles. The van der Waals surface area contributed by atoms with Gasteiger partial charge in [0.15, 0.2) is 23.3 Å². The molecule has 12 heteroatoms. The Bertz CT molecular complexity index is 1450. The third kappa shape index (κ3) is 6.08. The van der Waals surface area contributed by atoms with E-state index in [4.69, 9.17) is 9.47 Å². The number of carbonyl (C=O) groups excluding carboxylic acids is 1. The number of ether oxygens (including phenoxy) is 2. The summed E-state index contributed by atoms with van der Waals surface area (Å²) in [6.45, 7) is 3.05. The molecule has 0 saturated carbocycles. The minimum atomic E-state index is -5.69. The largest absolute Gasteiger partial charge is 0.497 e. The summed E-state index contributed by atoms with van der Waals surface area (Å²) in [5, 5.41) is 1.87. The summed E-state index contributed by atoms with van der Waals surface area (Å²) in [6, 6.07) is 15.1. The summed E-state index contributed by atoms with van der Waals surface area (Å²) in [6.07, 6.45) is -3.14. The molecule has 3 aromatic rings. The van der Waals surface area contributed by atoms with E-state index in [0.717, 1.165) is 11.1 Å². The van der Waals surface area contributed by atoms with Crippen LogP contribution in [-0.4, -0.2) is 42.6 Å². The van der Waals surface area contributed by atoms with Crippen molar-refractivity contribution in [2.45, 2.75) is 75.2 Å². The molecule has 2 heterocycles. The van der Waals surface area contributed by atoms with Crippen molar-refractivity contribution in [3.63, 3.8) is 0 Å². The Morgan fingerprint density at radius 3 is 1.42 bits per heavy atom. The van der Waals surface area contributed by atoms with Crippen LogP contribution < -0.4 is 14.8 Å². The first-order valence-corrected chi connectivity index (χ1v) is 14.5. The molecule has 45 heavy (non-hydrogen) atoms. The summed E-state index contributed by atoms with van der Waals surface area (Å²) < 4.78 is 108. The van der Waals surface area contributed by atoms with Gasteiger partial charge in [0.2, 0.25) is 5.91 Å². The Balaban J connectivity index is 1.46. The monoisotopic (exact) mass is 638 g/mol. The van der Waals surface area contributed by atoms with E-state index in [1.165, 1.54) is 13.8 Å². The number of piperidine rings is 2. The Kier molecular flexibility index (Phi) is 8.82. The van der Waals surface area contributed by atoms with E-state index in [9.17, 15) is 35.5 Å². The molecule has 0 aliphatic carbocycles. The molecule has 1 N–H and O–H groups in total. The molecule has 5 nitrogen and oxygen atoms in total. The zero-order chi connectivity index (χ0) is 32.8. The lowest BCUT2D eigenvalue weighted by atomic mass is 9.68. The van der Waals surface area contributed by atoms with E-state index >= 15 is 0 Å². The molecule has 2 saturated heterocycles. The lowest BCUT2D eigenvalue weighted by molar-refractivity contribution is -0.143. The van der Waals surface area contributed by atoms with Gasteiger partial charge in [0.1, 0.15) is 22.7 Å². The maximum Gasteiger partial charge on any atom is 0.422 e. The standard InChI is InChI=1S/C33H33F7N2O3/c1-32(2,31(43)41-30-28(36)26(34)25(33(38,39)40)27(35)29(30)37)42-21-13-19(17-5-9-23(44-3)10-6-17)14-22(42)16-20(15-21)18-7-11-24(45-4)12-8-18/h5-12,19-22H,13-16H2,1-4H3,(H,41,43). The van der Waals surface area contributed by atoms with E-state index in [-0.39, 0.29) is 23.9 Å². The normalized spacial score (nSPS) is 22.2. The van der Waals surface area contributed by atoms with Crippen molar-refractivity contribution in [2.24, 2.45) is 0 Å². The number of fused-ring (bicyclic) bond motifs is 2. The van der Waals surface area contributed by atoms with Crippen molar-refractivity contribution in [2.75, 3.05) is 19.5 Å². The number of rotatable bonds is 7. The first-order chi connectivity index (χ1) is 21.2. The molecular formula is C33H33F7N2O3. The van der Waals surface area contributed by atoms with Crippen molar-refractivity contribution in [1.29, 1.82) is 0 Å². The summed E-state index contributed by atoms with van der Waals surface area (Å²) in [7, 11) is 3.16. The number of carbonyl (C=O) groups is 1. The average Bonchev–Trinajstić information content (AvgIpc) is 3.00. The second-order valence-electron chi connectivity index (χ2n) is 12.1. The third-order valence-corrected chi connectivity index (χ3v) is 9.17. The van der Waals surface area contributed by atoms with Gasteiger partial charge in [-0.3, -0.25) is 9.69 Å². The van der Waals surface area contributed by atoms with Gasteiger partial charge >= 0.3 is 6.18 Å². The fourth-order valence-electron chi connectivity index (χ4n) is 7.03. The Morgan fingerprint density at radius 1 is 0.711 bits per heavy atom. The van der Waals surface area contributed by atoms with Crippen molar-refractivity contribution in [1.82, 2.24) is 4.90 Å². The number of hydrogen-bond donors (Lipinski definition) is 1. The summed E-state index contributed by atoms with van der Waals surface area (Å²) >= 11 is 0. The topological polar surface area (TPSA) is 50.8 Å². The minimum Gasteiger partial charge on any atom is -0.497 e. The SMILES string of the molecule is COc1ccc(C2CC3CC(c4ccc(OC)cc4)CC(C2)N3C(C)(C)C(=O)Nc2c(F)c(F)c(C(F)(F)F)c(F)c2F)cc1. The first kappa shape index (κ1) is 32.6. The van der Waals surface area contributed by atoms with Gasteiger partial charge in [-0.05, 0) is 86.8 Å². The zero-order valence-electron chi connectivity index (χ0n) is 25.1. The van der Waals surface area contributed by atoms with Crippen LogP contribution >= 0.6 is 0 Å². The van der Waals surface area contributed by atoms with Gasteiger partial charge in [0.05, 0.1) is 19.8 Å². The molecule has 0 aromatic heterocycles. The smallest absolute Gasteiger partial charge is 0.422 e. The van der Waals surface area contributed by atoms with E-state index in [0.29, 0.717) is 37.2 Å². The summed E-state index contributed by atoms with van der Waals surface area (Å²) in [5.41, 5.74) is -3.59. The van der Waals surface area contributed by atoms with Crippen LogP contribution in [0.3, 0.4) is 0 Å². The van der Waals surface area contributed by atoms with Gasteiger partial charge in [0.25, 0.3) is 0 Å². The van der Waals surface area contributed by atoms with Crippen molar-refractivity contribution in [3.8, 4) is 11.5 Å². The van der Waals surface area contributed by atoms with E-state index in [1.807, 2.05) is 58.7 Å². The lowest BCUT2D eigenvalue weighted by Crippen LogP contribution is -2.65. The van der Waals surface area contributed by atoms with Crippen molar-refractivity contribution in [3.05, 3.63) is 88.5 Å². The second-order valence-corrected chi connectivity index (χ2v) is 12.1. The molecule has 2 aliphatic rings. The maximum atomic E-state index is 14.7. The van der Waals surface area contributed by atoms with Crippen LogP contribution in [0.4, 0.5) is 36.4 Å². The molecular weight excluding hydrogens is 605 g/mol. The van der Waals surface area contributed by atoms with Gasteiger partial charge in [-0.1, -0.05) is 24.3 Å². The molecule has 2 fully saturated rings. The Hall–Kier alpha value is -3.80. The average molecular weight is 639 g/mol. The molecule has 5 rings (SSSR count). The highest BCUT2D eigenvalue weighted by Crippen LogP contribution is 2.49. The molecule has 242 valence electrons. The molecule has 0 unspecified atom stereocenters. The van der Waals surface area contributed by atoms with Crippen LogP contribution in [0.25, 0.3) is 0 Å². The van der Waals surface area contributed by atoms with Gasteiger partial charge in [0, 0.05) is 12.1 Å². The van der Waals surface area contributed by atoms with Gasteiger partial charge in [-0.15, -0.1) is 0 Å². The number of benzene rings is 3. The van der Waals surface area contributed by atoms with Crippen LogP contribution in [0.5, 0.6) is 11.5 Å². The van der Waals surface area contributed by atoms with Crippen LogP contribution in [0.2, 0.25) is 0 Å². The van der Waals surface area contributed by atoms with Crippen molar-refractivity contribution < 1.29 is 45.0 Å². The zero-order valence-corrected chi connectivity index (χ0v) is 25.1. The highest BCUT2D eigenvalue weighted by atomic mass is 19.4. The van der Waals surface area contributed by atoms with Gasteiger partial charge in [-0.25, -0.2) is 17.6 Å². The number of alkyl halides is 3. The number of anilines is 1. The second kappa shape index (κ2) is 12.2. The first-order valence-electron chi connectivity index (χ1n) is 14.5. The van der Waals surface area contributed by atoms with Crippen LogP contribution in [0.15, 0.2) is 48.5 Å². The molecule has 0 spiro atoms. The number of halogens is 7. The fourth-order valence-corrected chi connectivity index (χ4v) is 7.03. The fraction of sp³-hybridized carbons (Fsp3) is 0.424. The third-order valence-electron chi connectivity index (χ3n) is 9.17. The number of nitrogens with one attached hydrogen (secondary N) is 1. The van der Waals surface area contributed by atoms with Crippen LogP contribution in [-0.2, 0) is 11.0 Å². The highest BCUT2D eigenvalue weighted by Gasteiger charge is 2.51. The molecule has 0 atom stereocenters. The molecule has 1 amide bonds. The number of hydrogen-bond acceptors (Lipinski definition) is 4. The minimum absolute atomic E-state index is 0.130. The lowest BCUT2D eigenvalue weighted by Gasteiger charge is -2.56. The quantitative estimate of drug-likeness (QED) is 0.210. The molecule has 0 radical (unpaired) electrons. The maximum absolute atomic E-state index is 14.7. The summed E-state index contributed by atoms with van der Waals surface area (Å²) in [4.78, 5) is 15.6. The number of amides is 1. The number of nitrogens with zero attached hydrogens (tertiary/aromatic N) is 1. The van der Waals surface area contributed by atoms with E-state index in [1.54, 1.807) is 14.2 Å². The molecule has 2 bridgehead atoms. The predicted octanol–water partition coefficient (Wildman–Crippen LogP) is 8.19. The Labute approximate surface area is 256 Å². The van der Waals surface area contributed by atoms with Crippen LogP contribution in [0.1, 0.15) is 68.1 Å². The van der Waals surface area contributed by atoms with Gasteiger partial charge in [-0.2, -0.15) is 13.2 Å². The van der Waals surface area contributed by atoms with Crippen molar-refractivity contribution >= 4 is 11.6 Å². The predicted molar refractivity (Wildman–Crippen MR) is 153 cm³/mol. The highest BCUT2D eigenvalue weighted by molar-refractivity contribution is 5.98. The van der Waals surface area contributed by atoms with E-state index in [2.05, 4.69) is 0 Å². The Morgan fingerprint density at radius 2 is 1.09 bits per heavy atom. The molecule has 2 aliphatic heterocycles. The van der Waals surface area contributed by atoms with E-state index < -0.39 is 52.1 Å². The number of methoxy groups -OCH3 is 2. The van der Waals surface area contributed by atoms with Gasteiger partial charge < -0.3 is 14.8 Å². The summed E-state index contributed by atoms with van der Waals surface area (Å²) in [5.74, 6) is -9.25.